The number of hydrogen-bond donors (Lipinski definition) is 1. The number of halogens is 2. The average molecular weight is 592 g/mol. The summed E-state index contributed by atoms with van der Waals surface area (Å²) in [6.45, 7) is 7.61. The Labute approximate surface area is 185 Å². The third-order valence-corrected chi connectivity index (χ3v) is 5.40. The third-order valence-electron chi connectivity index (χ3n) is 3.80. The average Bonchev–Trinajstić information content (AvgIpc) is 2.60. The first-order valence-corrected chi connectivity index (χ1v) is 10.2. The molecule has 1 aromatic rings. The second-order valence-corrected chi connectivity index (χ2v) is 7.85. The number of benzene rings is 1. The van der Waals surface area contributed by atoms with E-state index in [1.165, 1.54) is 0 Å². The predicted octanol–water partition coefficient (Wildman–Crippen LogP) is 4.11. The van der Waals surface area contributed by atoms with Crippen LogP contribution in [0.15, 0.2) is 47.6 Å². The molecule has 0 fully saturated rings. The van der Waals surface area contributed by atoms with Gasteiger partial charge in [-0.25, -0.2) is 4.79 Å². The molecule has 1 aliphatic heterocycles. The molecule has 0 saturated heterocycles. The maximum Gasteiger partial charge on any atom is 0.338 e. The van der Waals surface area contributed by atoms with Crippen LogP contribution in [0.3, 0.4) is 0 Å². The number of allylic oxidation sites excluding steroid dienone is 2. The van der Waals surface area contributed by atoms with Gasteiger partial charge in [0.2, 0.25) is 5.88 Å². The van der Waals surface area contributed by atoms with Crippen LogP contribution in [-0.4, -0.2) is 19.2 Å². The van der Waals surface area contributed by atoms with Gasteiger partial charge in [0.25, 0.3) is 0 Å². The van der Waals surface area contributed by atoms with Crippen molar-refractivity contribution in [2.24, 2.45) is 5.73 Å². The minimum absolute atomic E-state index is 0.00921. The van der Waals surface area contributed by atoms with Gasteiger partial charge in [0.15, 0.2) is 0 Å². The van der Waals surface area contributed by atoms with Crippen molar-refractivity contribution in [1.82, 2.24) is 0 Å². The van der Waals surface area contributed by atoms with Crippen LogP contribution in [0.4, 0.5) is 0 Å². The second-order valence-electron chi connectivity index (χ2n) is 5.53. The van der Waals surface area contributed by atoms with Crippen molar-refractivity contribution in [2.45, 2.75) is 19.8 Å². The molecule has 1 heterocycles. The minimum atomic E-state index is -0.668. The molecule has 0 aromatic heterocycles. The molecule has 0 saturated carbocycles. The first-order chi connectivity index (χ1) is 12.8. The summed E-state index contributed by atoms with van der Waals surface area (Å²) in [7, 11) is 0. The minimum Gasteiger partial charge on any atom is -0.487 e. The molecule has 27 heavy (non-hydrogen) atoms. The highest BCUT2D eigenvalue weighted by Gasteiger charge is 2.36. The fraction of sp³-hybridized carbons (Fsp3) is 0.263. The third kappa shape index (κ3) is 4.57. The van der Waals surface area contributed by atoms with Crippen LogP contribution in [0.2, 0.25) is 0 Å². The van der Waals surface area contributed by atoms with E-state index in [0.717, 1.165) is 18.5 Å². The number of rotatable bonds is 6. The highest BCUT2D eigenvalue weighted by molar-refractivity contribution is 14.1. The Balaban J connectivity index is 2.63. The van der Waals surface area contributed by atoms with Crippen LogP contribution in [0.1, 0.15) is 25.3 Å². The van der Waals surface area contributed by atoms with Gasteiger partial charge >= 0.3 is 5.97 Å². The molecular formula is C19H18I2N2O4. The van der Waals surface area contributed by atoms with E-state index in [0.29, 0.717) is 12.4 Å². The van der Waals surface area contributed by atoms with E-state index in [1.807, 2.05) is 12.1 Å². The maximum absolute atomic E-state index is 12.6. The molecule has 0 radical (unpaired) electrons. The number of nitrogens with zero attached hydrogens (tertiary/aromatic N) is 1. The van der Waals surface area contributed by atoms with E-state index < -0.39 is 11.9 Å². The fourth-order valence-corrected chi connectivity index (χ4v) is 4.84. The van der Waals surface area contributed by atoms with Gasteiger partial charge in [0, 0.05) is 0 Å². The lowest BCUT2D eigenvalue weighted by Crippen LogP contribution is -2.25. The number of carbonyl (C=O) groups excluding carboxylic acids is 1. The predicted molar refractivity (Wildman–Crippen MR) is 118 cm³/mol. The van der Waals surface area contributed by atoms with E-state index in [9.17, 15) is 10.1 Å². The van der Waals surface area contributed by atoms with Gasteiger partial charge in [-0.1, -0.05) is 12.7 Å². The highest BCUT2D eigenvalue weighted by Crippen LogP contribution is 2.42. The topological polar surface area (TPSA) is 94.6 Å². The molecule has 1 atom stereocenters. The first kappa shape index (κ1) is 21.6. The molecule has 1 aromatic carbocycles. The van der Waals surface area contributed by atoms with Gasteiger partial charge in [0.1, 0.15) is 29.8 Å². The normalized spacial score (nSPS) is 16.5. The lowest BCUT2D eigenvalue weighted by Gasteiger charge is -2.27. The number of nitrogens with two attached hydrogens (primary N) is 1. The van der Waals surface area contributed by atoms with E-state index in [1.54, 1.807) is 19.9 Å². The summed E-state index contributed by atoms with van der Waals surface area (Å²) in [5.41, 5.74) is 7.11. The Morgan fingerprint density at radius 1 is 1.44 bits per heavy atom. The van der Waals surface area contributed by atoms with Gasteiger partial charge in [0.05, 0.1) is 25.2 Å². The number of carbonyl (C=O) groups is 1. The molecule has 6 nitrogen and oxygen atoms in total. The number of esters is 1. The zero-order valence-corrected chi connectivity index (χ0v) is 19.2. The Morgan fingerprint density at radius 3 is 2.59 bits per heavy atom. The van der Waals surface area contributed by atoms with Crippen molar-refractivity contribution in [3.8, 4) is 11.8 Å². The van der Waals surface area contributed by atoms with E-state index >= 15 is 0 Å². The van der Waals surface area contributed by atoms with E-state index in [2.05, 4.69) is 57.8 Å². The smallest absolute Gasteiger partial charge is 0.338 e. The Bertz CT molecular complexity index is 861. The number of ether oxygens (including phenoxy) is 3. The lowest BCUT2D eigenvalue weighted by molar-refractivity contribution is -0.139. The van der Waals surface area contributed by atoms with E-state index in [-0.39, 0.29) is 23.6 Å². The molecule has 2 N–H and O–H groups in total. The number of nitriles is 1. The van der Waals surface area contributed by atoms with Crippen LogP contribution in [0.5, 0.6) is 5.75 Å². The maximum atomic E-state index is 12.6. The van der Waals surface area contributed by atoms with Crippen molar-refractivity contribution < 1.29 is 19.0 Å². The largest absolute Gasteiger partial charge is 0.487 e. The molecule has 1 aliphatic rings. The Hall–Kier alpha value is -1.74. The fourth-order valence-electron chi connectivity index (χ4n) is 2.71. The van der Waals surface area contributed by atoms with Crippen molar-refractivity contribution in [3.63, 3.8) is 0 Å². The molecule has 2 rings (SSSR count). The summed E-state index contributed by atoms with van der Waals surface area (Å²) in [6, 6.07) is 5.81. The van der Waals surface area contributed by atoms with Crippen LogP contribution >= 0.6 is 45.2 Å². The van der Waals surface area contributed by atoms with Gasteiger partial charge in [-0.15, -0.1) is 0 Å². The number of hydrogen-bond acceptors (Lipinski definition) is 6. The quantitative estimate of drug-likeness (QED) is 0.304. The van der Waals surface area contributed by atoms with Gasteiger partial charge in [-0.3, -0.25) is 0 Å². The monoisotopic (exact) mass is 592 g/mol. The summed E-state index contributed by atoms with van der Waals surface area (Å²) in [4.78, 5) is 12.6. The van der Waals surface area contributed by atoms with Crippen molar-refractivity contribution >= 4 is 51.2 Å². The first-order valence-electron chi connectivity index (χ1n) is 8.03. The molecule has 0 aliphatic carbocycles. The van der Waals surface area contributed by atoms with Gasteiger partial charge in [-0.2, -0.15) is 5.26 Å². The molecule has 8 heteroatoms. The summed E-state index contributed by atoms with van der Waals surface area (Å²) >= 11 is 4.32. The molecule has 0 spiro atoms. The summed E-state index contributed by atoms with van der Waals surface area (Å²) in [5.74, 6) is -0.159. The van der Waals surface area contributed by atoms with E-state index in [4.69, 9.17) is 19.9 Å². The van der Waals surface area contributed by atoms with Gasteiger partial charge in [-0.05, 0) is 76.7 Å². The van der Waals surface area contributed by atoms with Crippen LogP contribution in [0, 0.1) is 18.5 Å². The zero-order chi connectivity index (χ0) is 20.1. The SMILES string of the molecule is C=CCOc1c(I)cc(C2C(C#N)=C(N)OC(C)=C2C(=O)OCC)cc1I. The zero-order valence-electron chi connectivity index (χ0n) is 14.8. The van der Waals surface area contributed by atoms with Gasteiger partial charge < -0.3 is 19.9 Å². The summed E-state index contributed by atoms with van der Waals surface area (Å²) in [5, 5.41) is 9.64. The molecule has 0 amide bonds. The van der Waals surface area contributed by atoms with Crippen molar-refractivity contribution in [2.75, 3.05) is 13.2 Å². The molecule has 142 valence electrons. The standard InChI is InChI=1S/C19H18I2N2O4/c1-4-6-26-17-13(20)7-11(8-14(17)21)16-12(9-22)18(23)27-10(3)15(16)19(24)25-5-2/h4,7-8,16H,1,5-6,23H2,2-3H3. The van der Waals surface area contributed by atoms with Crippen LogP contribution < -0.4 is 10.5 Å². The Kier molecular flexibility index (Phi) is 7.55. The molecule has 0 bridgehead atoms. The summed E-state index contributed by atoms with van der Waals surface area (Å²) < 4.78 is 18.0. The van der Waals surface area contributed by atoms with Crippen molar-refractivity contribution in [3.05, 3.63) is 60.3 Å². The Morgan fingerprint density at radius 2 is 2.07 bits per heavy atom. The molecular weight excluding hydrogens is 574 g/mol. The second kappa shape index (κ2) is 9.45. The lowest BCUT2D eigenvalue weighted by atomic mass is 9.83. The van der Waals surface area contributed by atoms with Crippen LogP contribution in [0.25, 0.3) is 0 Å². The molecule has 1 unspecified atom stereocenters. The summed E-state index contributed by atoms with van der Waals surface area (Å²) in [6.07, 6.45) is 1.67. The highest BCUT2D eigenvalue weighted by atomic mass is 127. The van der Waals surface area contributed by atoms with Crippen LogP contribution in [-0.2, 0) is 14.3 Å². The van der Waals surface area contributed by atoms with Crippen molar-refractivity contribution in [1.29, 1.82) is 5.26 Å².